The number of carbonyl (C=O) groups is 1. The van der Waals surface area contributed by atoms with Crippen molar-refractivity contribution >= 4 is 5.78 Å². The molecule has 1 saturated heterocycles. The SMILES string of the molecule is CN(C)CC1CCCN1CC(=O)c1ccc2c(c1)OCO2. The second-order valence-electron chi connectivity index (χ2n) is 6.02. The van der Waals surface area contributed by atoms with Crippen LogP contribution in [0.4, 0.5) is 0 Å². The lowest BCUT2D eigenvalue weighted by atomic mass is 10.1. The van der Waals surface area contributed by atoms with Gasteiger partial charge in [-0.25, -0.2) is 0 Å². The maximum atomic E-state index is 12.5. The Kier molecular flexibility index (Phi) is 4.12. The van der Waals surface area contributed by atoms with Crippen LogP contribution in [-0.4, -0.2) is 62.1 Å². The Balaban J connectivity index is 1.65. The summed E-state index contributed by atoms with van der Waals surface area (Å²) in [7, 11) is 4.16. The highest BCUT2D eigenvalue weighted by atomic mass is 16.7. The molecule has 1 unspecified atom stereocenters. The van der Waals surface area contributed by atoms with Gasteiger partial charge in [0.05, 0.1) is 6.54 Å². The zero-order valence-electron chi connectivity index (χ0n) is 12.7. The van der Waals surface area contributed by atoms with E-state index in [0.29, 0.717) is 23.9 Å². The highest BCUT2D eigenvalue weighted by Gasteiger charge is 2.27. The smallest absolute Gasteiger partial charge is 0.231 e. The van der Waals surface area contributed by atoms with Gasteiger partial charge in [0.1, 0.15) is 0 Å². The highest BCUT2D eigenvalue weighted by Crippen LogP contribution is 2.32. The molecular weight excluding hydrogens is 268 g/mol. The first kappa shape index (κ1) is 14.4. The summed E-state index contributed by atoms with van der Waals surface area (Å²) in [5, 5.41) is 0. The van der Waals surface area contributed by atoms with Crippen LogP contribution in [0.2, 0.25) is 0 Å². The first-order chi connectivity index (χ1) is 10.1. The number of likely N-dealkylation sites (N-methyl/N-ethyl adjacent to an activating group) is 1. The van der Waals surface area contributed by atoms with Crippen molar-refractivity contribution in [1.29, 1.82) is 0 Å². The van der Waals surface area contributed by atoms with Crippen LogP contribution in [0.3, 0.4) is 0 Å². The predicted molar refractivity (Wildman–Crippen MR) is 80.0 cm³/mol. The number of nitrogens with zero attached hydrogens (tertiary/aromatic N) is 2. The molecule has 5 heteroatoms. The molecular formula is C16H22N2O3. The van der Waals surface area contributed by atoms with Crippen molar-refractivity contribution in [2.75, 3.05) is 40.5 Å². The van der Waals surface area contributed by atoms with Crippen molar-refractivity contribution in [2.24, 2.45) is 0 Å². The number of carbonyl (C=O) groups excluding carboxylic acids is 1. The molecule has 2 aliphatic rings. The molecule has 0 spiro atoms. The van der Waals surface area contributed by atoms with Gasteiger partial charge in [-0.1, -0.05) is 0 Å². The molecule has 2 aliphatic heterocycles. The fraction of sp³-hybridized carbons (Fsp3) is 0.562. The predicted octanol–water partition coefficient (Wildman–Crippen LogP) is 1.62. The molecule has 0 saturated carbocycles. The van der Waals surface area contributed by atoms with Gasteiger partial charge in [-0.3, -0.25) is 9.69 Å². The van der Waals surface area contributed by atoms with Gasteiger partial charge in [0, 0.05) is 18.2 Å². The molecule has 1 aromatic rings. The summed E-state index contributed by atoms with van der Waals surface area (Å²) in [4.78, 5) is 17.0. The molecule has 1 atom stereocenters. The number of Topliss-reactive ketones (excluding diaryl/α,β-unsaturated/α-hetero) is 1. The van der Waals surface area contributed by atoms with Gasteiger partial charge in [-0.15, -0.1) is 0 Å². The number of hydrogen-bond acceptors (Lipinski definition) is 5. The van der Waals surface area contributed by atoms with Crippen LogP contribution in [0.15, 0.2) is 18.2 Å². The van der Waals surface area contributed by atoms with E-state index in [1.807, 2.05) is 12.1 Å². The van der Waals surface area contributed by atoms with Crippen LogP contribution in [0.1, 0.15) is 23.2 Å². The van der Waals surface area contributed by atoms with Gasteiger partial charge < -0.3 is 14.4 Å². The average Bonchev–Trinajstić information content (AvgIpc) is 3.06. The minimum absolute atomic E-state index is 0.152. The standard InChI is InChI=1S/C16H22N2O3/c1-17(2)9-13-4-3-7-18(13)10-14(19)12-5-6-15-16(8-12)21-11-20-15/h5-6,8,13H,3-4,7,9-11H2,1-2H3. The molecule has 0 amide bonds. The third-order valence-electron chi connectivity index (χ3n) is 4.12. The van der Waals surface area contributed by atoms with E-state index >= 15 is 0 Å². The number of likely N-dealkylation sites (tertiary alicyclic amines) is 1. The van der Waals surface area contributed by atoms with Gasteiger partial charge >= 0.3 is 0 Å². The Morgan fingerprint density at radius 3 is 2.95 bits per heavy atom. The van der Waals surface area contributed by atoms with E-state index in [1.165, 1.54) is 12.8 Å². The Labute approximate surface area is 125 Å². The minimum atomic E-state index is 0.152. The third-order valence-corrected chi connectivity index (χ3v) is 4.12. The Bertz CT molecular complexity index is 530. The van der Waals surface area contributed by atoms with Gasteiger partial charge in [0.15, 0.2) is 17.3 Å². The summed E-state index contributed by atoms with van der Waals surface area (Å²) in [6.45, 7) is 2.74. The number of rotatable bonds is 5. The van der Waals surface area contributed by atoms with Crippen LogP contribution in [-0.2, 0) is 0 Å². The van der Waals surface area contributed by atoms with E-state index in [2.05, 4.69) is 23.9 Å². The van der Waals surface area contributed by atoms with E-state index in [9.17, 15) is 4.79 Å². The van der Waals surface area contributed by atoms with Crippen molar-refractivity contribution in [2.45, 2.75) is 18.9 Å². The molecule has 21 heavy (non-hydrogen) atoms. The number of fused-ring (bicyclic) bond motifs is 1. The summed E-state index contributed by atoms with van der Waals surface area (Å²) in [6.07, 6.45) is 2.35. The molecule has 0 aromatic heterocycles. The third kappa shape index (κ3) is 3.19. The largest absolute Gasteiger partial charge is 0.454 e. The molecule has 0 aliphatic carbocycles. The van der Waals surface area contributed by atoms with Crippen molar-refractivity contribution in [1.82, 2.24) is 9.80 Å². The van der Waals surface area contributed by atoms with E-state index < -0.39 is 0 Å². The Morgan fingerprint density at radius 1 is 1.33 bits per heavy atom. The fourth-order valence-corrected chi connectivity index (χ4v) is 3.08. The number of ether oxygens (including phenoxy) is 2. The topological polar surface area (TPSA) is 42.0 Å². The van der Waals surface area contributed by atoms with Crippen LogP contribution < -0.4 is 9.47 Å². The molecule has 0 N–H and O–H groups in total. The molecule has 1 fully saturated rings. The number of benzene rings is 1. The van der Waals surface area contributed by atoms with E-state index in [1.54, 1.807) is 6.07 Å². The number of hydrogen-bond donors (Lipinski definition) is 0. The van der Waals surface area contributed by atoms with Crippen molar-refractivity contribution in [3.8, 4) is 11.5 Å². The summed E-state index contributed by atoms with van der Waals surface area (Å²) in [5.74, 6) is 1.55. The average molecular weight is 290 g/mol. The quantitative estimate of drug-likeness (QED) is 0.771. The van der Waals surface area contributed by atoms with E-state index in [-0.39, 0.29) is 12.6 Å². The lowest BCUT2D eigenvalue weighted by Crippen LogP contribution is -2.40. The monoisotopic (exact) mass is 290 g/mol. The van der Waals surface area contributed by atoms with Gasteiger partial charge in [0.25, 0.3) is 0 Å². The van der Waals surface area contributed by atoms with Crippen LogP contribution >= 0.6 is 0 Å². The molecule has 1 aromatic carbocycles. The first-order valence-corrected chi connectivity index (χ1v) is 7.45. The zero-order chi connectivity index (χ0) is 14.8. The normalized spacial score (nSPS) is 21.2. The van der Waals surface area contributed by atoms with Crippen molar-refractivity contribution < 1.29 is 14.3 Å². The summed E-state index contributed by atoms with van der Waals surface area (Å²) < 4.78 is 10.6. The van der Waals surface area contributed by atoms with Crippen molar-refractivity contribution in [3.05, 3.63) is 23.8 Å². The zero-order valence-corrected chi connectivity index (χ0v) is 12.7. The molecule has 114 valence electrons. The summed E-state index contributed by atoms with van der Waals surface area (Å²) in [5.41, 5.74) is 0.703. The molecule has 3 rings (SSSR count). The number of ketones is 1. The lowest BCUT2D eigenvalue weighted by molar-refractivity contribution is 0.0910. The van der Waals surface area contributed by atoms with Gasteiger partial charge in [-0.2, -0.15) is 0 Å². The second-order valence-corrected chi connectivity index (χ2v) is 6.02. The summed E-state index contributed by atoms with van der Waals surface area (Å²) in [6, 6.07) is 5.92. The van der Waals surface area contributed by atoms with E-state index in [4.69, 9.17) is 9.47 Å². The maximum Gasteiger partial charge on any atom is 0.231 e. The lowest BCUT2D eigenvalue weighted by Gasteiger charge is -2.26. The van der Waals surface area contributed by atoms with Gasteiger partial charge in [-0.05, 0) is 51.7 Å². The van der Waals surface area contributed by atoms with Crippen LogP contribution in [0, 0.1) is 0 Å². The Morgan fingerprint density at radius 2 is 2.14 bits per heavy atom. The highest BCUT2D eigenvalue weighted by molar-refractivity contribution is 5.98. The van der Waals surface area contributed by atoms with Gasteiger partial charge in [0.2, 0.25) is 6.79 Å². The second kappa shape index (κ2) is 6.03. The van der Waals surface area contributed by atoms with Crippen LogP contribution in [0.5, 0.6) is 11.5 Å². The summed E-state index contributed by atoms with van der Waals surface area (Å²) >= 11 is 0. The van der Waals surface area contributed by atoms with Crippen LogP contribution in [0.25, 0.3) is 0 Å². The maximum absolute atomic E-state index is 12.5. The molecule has 2 heterocycles. The minimum Gasteiger partial charge on any atom is -0.454 e. The Hall–Kier alpha value is -1.59. The first-order valence-electron chi connectivity index (χ1n) is 7.45. The molecule has 0 radical (unpaired) electrons. The van der Waals surface area contributed by atoms with E-state index in [0.717, 1.165) is 18.8 Å². The van der Waals surface area contributed by atoms with Crippen molar-refractivity contribution in [3.63, 3.8) is 0 Å². The molecule has 5 nitrogen and oxygen atoms in total. The fourth-order valence-electron chi connectivity index (χ4n) is 3.08. The molecule has 0 bridgehead atoms.